The summed E-state index contributed by atoms with van der Waals surface area (Å²) in [7, 11) is 0. The molecular weight excluding hydrogens is 260 g/mol. The average Bonchev–Trinajstić information content (AvgIpc) is 2.92. The first-order chi connectivity index (χ1) is 10.0. The summed E-state index contributed by atoms with van der Waals surface area (Å²) in [6.45, 7) is 8.84. The van der Waals surface area contributed by atoms with Crippen LogP contribution >= 0.6 is 0 Å². The van der Waals surface area contributed by atoms with Crippen LogP contribution in [0.5, 0.6) is 0 Å². The molecule has 114 valence electrons. The van der Waals surface area contributed by atoms with Gasteiger partial charge in [0.05, 0.1) is 5.56 Å². The van der Waals surface area contributed by atoms with Crippen LogP contribution < -0.4 is 10.6 Å². The Labute approximate surface area is 128 Å². The number of hydrogen-bond acceptors (Lipinski definition) is 4. The maximum atomic E-state index is 9.48. The molecule has 0 aliphatic heterocycles. The van der Waals surface area contributed by atoms with E-state index in [4.69, 9.17) is 10.7 Å². The Bertz CT molecular complexity index is 542. The Balaban J connectivity index is 2.38. The van der Waals surface area contributed by atoms with Gasteiger partial charge in [-0.25, -0.2) is 4.98 Å². The number of aryl methyl sites for hydroxylation is 2. The van der Waals surface area contributed by atoms with Crippen LogP contribution in [0.3, 0.4) is 0 Å². The lowest BCUT2D eigenvalue weighted by atomic mass is 9.93. The van der Waals surface area contributed by atoms with E-state index in [0.29, 0.717) is 12.1 Å². The van der Waals surface area contributed by atoms with E-state index in [0.717, 1.165) is 44.6 Å². The molecule has 0 bridgehead atoms. The number of rotatable bonds is 6. The number of nitrogens with zero attached hydrogens (tertiary/aromatic N) is 3. The summed E-state index contributed by atoms with van der Waals surface area (Å²) in [6.07, 6.45) is 4.27. The van der Waals surface area contributed by atoms with Crippen molar-refractivity contribution in [3.05, 3.63) is 22.9 Å². The van der Waals surface area contributed by atoms with Gasteiger partial charge in [-0.3, -0.25) is 0 Å². The first-order valence-electron chi connectivity index (χ1n) is 7.88. The third-order valence-corrected chi connectivity index (χ3v) is 4.12. The van der Waals surface area contributed by atoms with Crippen LogP contribution in [0.1, 0.15) is 50.4 Å². The highest BCUT2D eigenvalue weighted by Gasteiger charge is 2.24. The lowest BCUT2D eigenvalue weighted by Crippen LogP contribution is -2.40. The number of nitrogens with two attached hydrogens (primary N) is 1. The third-order valence-electron chi connectivity index (χ3n) is 4.12. The fraction of sp³-hybridized carbons (Fsp3) is 0.647. The van der Waals surface area contributed by atoms with Gasteiger partial charge in [0.2, 0.25) is 0 Å². The van der Waals surface area contributed by atoms with E-state index in [-0.39, 0.29) is 5.41 Å². The quantitative estimate of drug-likeness (QED) is 0.873. The van der Waals surface area contributed by atoms with Crippen molar-refractivity contribution in [1.82, 2.24) is 4.98 Å². The number of hydrogen-bond donors (Lipinski definition) is 1. The second-order valence-electron chi connectivity index (χ2n) is 6.72. The van der Waals surface area contributed by atoms with Crippen molar-refractivity contribution in [2.45, 2.75) is 46.5 Å². The molecule has 0 amide bonds. The number of nitriles is 1. The van der Waals surface area contributed by atoms with Crippen molar-refractivity contribution < 1.29 is 0 Å². The van der Waals surface area contributed by atoms with Crippen LogP contribution in [-0.2, 0) is 12.8 Å². The smallest absolute Gasteiger partial charge is 0.146 e. The summed E-state index contributed by atoms with van der Waals surface area (Å²) in [5, 5.41) is 9.48. The van der Waals surface area contributed by atoms with Crippen molar-refractivity contribution in [1.29, 1.82) is 5.26 Å². The number of aromatic nitrogens is 1. The Hall–Kier alpha value is -1.60. The van der Waals surface area contributed by atoms with Crippen molar-refractivity contribution in [2.75, 3.05) is 24.5 Å². The zero-order valence-electron chi connectivity index (χ0n) is 13.4. The van der Waals surface area contributed by atoms with Crippen molar-refractivity contribution in [2.24, 2.45) is 11.1 Å². The van der Waals surface area contributed by atoms with E-state index in [1.54, 1.807) is 0 Å². The summed E-state index contributed by atoms with van der Waals surface area (Å²) < 4.78 is 0. The zero-order valence-corrected chi connectivity index (χ0v) is 13.4. The average molecular weight is 286 g/mol. The van der Waals surface area contributed by atoms with Crippen LogP contribution in [0.15, 0.2) is 6.07 Å². The molecule has 0 spiro atoms. The first-order valence-corrected chi connectivity index (χ1v) is 7.88. The SMILES string of the molecule is CCCN(CC(C)(C)CN)c1nc2c(cc1C#N)CCC2. The molecule has 1 aromatic heterocycles. The summed E-state index contributed by atoms with van der Waals surface area (Å²) >= 11 is 0. The van der Waals surface area contributed by atoms with Gasteiger partial charge in [-0.05, 0) is 49.3 Å². The Morgan fingerprint density at radius 3 is 2.81 bits per heavy atom. The standard InChI is InChI=1S/C17H26N4/c1-4-8-21(12-17(2,3)11-19)16-14(10-18)9-13-6-5-7-15(13)20-16/h9H,4-8,11-12,19H2,1-3H3. The van der Waals surface area contributed by atoms with Crippen LogP contribution in [-0.4, -0.2) is 24.6 Å². The summed E-state index contributed by atoms with van der Waals surface area (Å²) in [6, 6.07) is 4.38. The molecule has 0 radical (unpaired) electrons. The molecule has 1 aliphatic rings. The van der Waals surface area contributed by atoms with E-state index in [9.17, 15) is 5.26 Å². The van der Waals surface area contributed by atoms with Gasteiger partial charge in [0.15, 0.2) is 0 Å². The predicted octanol–water partition coefficient (Wildman–Crippen LogP) is 2.64. The van der Waals surface area contributed by atoms with Crippen LogP contribution in [0.25, 0.3) is 0 Å². The van der Waals surface area contributed by atoms with Gasteiger partial charge in [0.25, 0.3) is 0 Å². The van der Waals surface area contributed by atoms with Crippen LogP contribution in [0, 0.1) is 16.7 Å². The monoisotopic (exact) mass is 286 g/mol. The lowest BCUT2D eigenvalue weighted by molar-refractivity contribution is 0.376. The van der Waals surface area contributed by atoms with Crippen LogP contribution in [0.2, 0.25) is 0 Å². The molecule has 1 heterocycles. The number of anilines is 1. The summed E-state index contributed by atoms with van der Waals surface area (Å²) in [4.78, 5) is 7.06. The highest BCUT2D eigenvalue weighted by Crippen LogP contribution is 2.29. The molecule has 4 nitrogen and oxygen atoms in total. The maximum Gasteiger partial charge on any atom is 0.146 e. The normalized spacial score (nSPS) is 13.9. The van der Waals surface area contributed by atoms with Gasteiger partial charge in [0, 0.05) is 18.8 Å². The third kappa shape index (κ3) is 3.54. The highest BCUT2D eigenvalue weighted by molar-refractivity contribution is 5.57. The lowest BCUT2D eigenvalue weighted by Gasteiger charge is -2.33. The largest absolute Gasteiger partial charge is 0.355 e. The van der Waals surface area contributed by atoms with Gasteiger partial charge in [0.1, 0.15) is 11.9 Å². The molecule has 0 fully saturated rings. The minimum absolute atomic E-state index is 0.0165. The topological polar surface area (TPSA) is 65.9 Å². The second-order valence-corrected chi connectivity index (χ2v) is 6.72. The second kappa shape index (κ2) is 6.44. The van der Waals surface area contributed by atoms with Gasteiger partial charge >= 0.3 is 0 Å². The molecule has 0 saturated carbocycles. The molecule has 1 aromatic rings. The summed E-state index contributed by atoms with van der Waals surface area (Å²) in [5.74, 6) is 0.849. The molecule has 0 saturated heterocycles. The van der Waals surface area contributed by atoms with E-state index >= 15 is 0 Å². The van der Waals surface area contributed by atoms with Crippen molar-refractivity contribution in [3.63, 3.8) is 0 Å². The van der Waals surface area contributed by atoms with Gasteiger partial charge in [-0.2, -0.15) is 5.26 Å². The van der Waals surface area contributed by atoms with Gasteiger partial charge in [-0.1, -0.05) is 20.8 Å². The molecular formula is C17H26N4. The van der Waals surface area contributed by atoms with Gasteiger partial charge in [-0.15, -0.1) is 0 Å². The summed E-state index contributed by atoms with van der Waals surface area (Å²) in [5.41, 5.74) is 9.03. The highest BCUT2D eigenvalue weighted by atomic mass is 15.2. The fourth-order valence-electron chi connectivity index (χ4n) is 2.90. The Kier molecular flexibility index (Phi) is 4.84. The number of pyridine rings is 1. The van der Waals surface area contributed by atoms with Crippen molar-refractivity contribution in [3.8, 4) is 6.07 Å². The van der Waals surface area contributed by atoms with Gasteiger partial charge < -0.3 is 10.6 Å². The Morgan fingerprint density at radius 2 is 2.19 bits per heavy atom. The molecule has 0 atom stereocenters. The van der Waals surface area contributed by atoms with E-state index in [2.05, 4.69) is 31.7 Å². The van der Waals surface area contributed by atoms with E-state index < -0.39 is 0 Å². The Morgan fingerprint density at radius 1 is 1.43 bits per heavy atom. The molecule has 0 aromatic carbocycles. The fourth-order valence-corrected chi connectivity index (χ4v) is 2.90. The zero-order chi connectivity index (χ0) is 15.5. The maximum absolute atomic E-state index is 9.48. The predicted molar refractivity (Wildman–Crippen MR) is 86.3 cm³/mol. The van der Waals surface area contributed by atoms with Crippen molar-refractivity contribution >= 4 is 5.82 Å². The minimum atomic E-state index is 0.0165. The molecule has 2 rings (SSSR count). The molecule has 1 aliphatic carbocycles. The first kappa shape index (κ1) is 15.8. The molecule has 4 heteroatoms. The minimum Gasteiger partial charge on any atom is -0.355 e. The van der Waals surface area contributed by atoms with E-state index in [1.807, 2.05) is 6.07 Å². The van der Waals surface area contributed by atoms with E-state index in [1.165, 1.54) is 11.3 Å². The van der Waals surface area contributed by atoms with Crippen LogP contribution in [0.4, 0.5) is 5.82 Å². The molecule has 0 unspecified atom stereocenters. The molecule has 21 heavy (non-hydrogen) atoms. The number of fused-ring (bicyclic) bond motifs is 1. The molecule has 2 N–H and O–H groups in total.